The van der Waals surface area contributed by atoms with Gasteiger partial charge in [-0.1, -0.05) is 13.8 Å². The van der Waals surface area contributed by atoms with Gasteiger partial charge in [-0.2, -0.15) is 0 Å². The van der Waals surface area contributed by atoms with Gasteiger partial charge in [0.25, 0.3) is 0 Å². The Kier molecular flexibility index (Phi) is 6.27. The van der Waals surface area contributed by atoms with E-state index in [2.05, 4.69) is 20.6 Å². The van der Waals surface area contributed by atoms with Crippen LogP contribution < -0.4 is 10.6 Å². The Bertz CT molecular complexity index is 494. The fraction of sp³-hybridized carbons (Fsp3) is 0.600. The molecule has 1 aromatic heterocycles. The minimum absolute atomic E-state index is 0.0337. The van der Waals surface area contributed by atoms with Crippen LogP contribution >= 0.6 is 0 Å². The number of hydrogen-bond donors (Lipinski definition) is 2. The van der Waals surface area contributed by atoms with Crippen LogP contribution in [-0.2, 0) is 16.0 Å². The molecule has 0 aliphatic rings. The Balaban J connectivity index is 2.53. The molecule has 0 saturated carbocycles. The zero-order valence-electron chi connectivity index (χ0n) is 13.4. The highest BCUT2D eigenvalue weighted by molar-refractivity contribution is 5.86. The highest BCUT2D eigenvalue weighted by atomic mass is 16.2. The number of aryl methyl sites for hydroxylation is 2. The predicted octanol–water partition coefficient (Wildman–Crippen LogP) is 0.913. The number of hydrogen-bond acceptors (Lipinski definition) is 4. The molecule has 1 heterocycles. The van der Waals surface area contributed by atoms with Gasteiger partial charge in [0.1, 0.15) is 11.9 Å². The standard InChI is InChI=1S/C15H24N4O2/c1-9(2)14(19-12(5)20)15(21)16-7-6-13-17-10(3)8-11(4)18-13/h8-9,14H,6-7H2,1-5H3,(H,16,21)(H,19,20)/t14-/m1/s1. The van der Waals surface area contributed by atoms with E-state index in [9.17, 15) is 9.59 Å². The molecule has 0 bridgehead atoms. The third-order valence-corrected chi connectivity index (χ3v) is 2.98. The van der Waals surface area contributed by atoms with Gasteiger partial charge < -0.3 is 10.6 Å². The van der Waals surface area contributed by atoms with Crippen LogP contribution in [0, 0.1) is 19.8 Å². The first-order valence-electron chi connectivity index (χ1n) is 7.15. The largest absolute Gasteiger partial charge is 0.354 e. The van der Waals surface area contributed by atoms with Gasteiger partial charge in [0, 0.05) is 31.3 Å². The topological polar surface area (TPSA) is 84.0 Å². The number of carbonyl (C=O) groups is 2. The molecule has 0 unspecified atom stereocenters. The summed E-state index contributed by atoms with van der Waals surface area (Å²) in [6, 6.07) is 1.40. The van der Waals surface area contributed by atoms with Crippen LogP contribution in [0.1, 0.15) is 38.0 Å². The molecular formula is C15H24N4O2. The fourth-order valence-corrected chi connectivity index (χ4v) is 2.07. The lowest BCUT2D eigenvalue weighted by molar-refractivity contribution is -0.129. The van der Waals surface area contributed by atoms with E-state index in [1.165, 1.54) is 6.92 Å². The number of nitrogens with zero attached hydrogens (tertiary/aromatic N) is 2. The van der Waals surface area contributed by atoms with E-state index < -0.39 is 6.04 Å². The van der Waals surface area contributed by atoms with Crippen molar-refractivity contribution in [1.29, 1.82) is 0 Å². The van der Waals surface area contributed by atoms with Gasteiger partial charge in [0.05, 0.1) is 0 Å². The molecule has 1 atom stereocenters. The molecular weight excluding hydrogens is 268 g/mol. The van der Waals surface area contributed by atoms with Crippen molar-refractivity contribution in [3.63, 3.8) is 0 Å². The Morgan fingerprint density at radius 1 is 1.19 bits per heavy atom. The van der Waals surface area contributed by atoms with E-state index in [4.69, 9.17) is 0 Å². The Labute approximate surface area is 125 Å². The lowest BCUT2D eigenvalue weighted by Gasteiger charge is -2.20. The molecule has 1 aromatic rings. The van der Waals surface area contributed by atoms with E-state index in [1.54, 1.807) is 0 Å². The van der Waals surface area contributed by atoms with Crippen molar-refractivity contribution in [2.45, 2.75) is 47.1 Å². The number of carbonyl (C=O) groups excluding carboxylic acids is 2. The van der Waals surface area contributed by atoms with Crippen LogP contribution in [0.15, 0.2) is 6.07 Å². The van der Waals surface area contributed by atoms with Crippen LogP contribution in [0.3, 0.4) is 0 Å². The number of nitrogens with one attached hydrogen (secondary N) is 2. The maximum atomic E-state index is 12.1. The summed E-state index contributed by atoms with van der Waals surface area (Å²) in [4.78, 5) is 31.9. The van der Waals surface area contributed by atoms with Crippen LogP contribution in [0.4, 0.5) is 0 Å². The fourth-order valence-electron chi connectivity index (χ4n) is 2.07. The first-order chi connectivity index (χ1) is 9.79. The average molecular weight is 292 g/mol. The summed E-state index contributed by atoms with van der Waals surface area (Å²) in [5.74, 6) is 0.367. The summed E-state index contributed by atoms with van der Waals surface area (Å²) < 4.78 is 0. The van der Waals surface area contributed by atoms with Gasteiger partial charge in [0.2, 0.25) is 11.8 Å². The second-order valence-corrected chi connectivity index (χ2v) is 5.53. The molecule has 0 fully saturated rings. The smallest absolute Gasteiger partial charge is 0.242 e. The molecule has 6 heteroatoms. The van der Waals surface area contributed by atoms with E-state index in [0.29, 0.717) is 18.8 Å². The molecule has 6 nitrogen and oxygen atoms in total. The number of rotatable bonds is 6. The minimum atomic E-state index is -0.511. The first kappa shape index (κ1) is 17.1. The van der Waals surface area contributed by atoms with E-state index >= 15 is 0 Å². The van der Waals surface area contributed by atoms with E-state index in [1.807, 2.05) is 33.8 Å². The van der Waals surface area contributed by atoms with Gasteiger partial charge >= 0.3 is 0 Å². The van der Waals surface area contributed by atoms with Crippen LogP contribution in [0.2, 0.25) is 0 Å². The summed E-state index contributed by atoms with van der Waals surface area (Å²) in [6.07, 6.45) is 0.569. The maximum Gasteiger partial charge on any atom is 0.242 e. The molecule has 0 aliphatic carbocycles. The van der Waals surface area contributed by atoms with E-state index in [0.717, 1.165) is 11.4 Å². The molecule has 0 aromatic carbocycles. The van der Waals surface area contributed by atoms with Gasteiger partial charge in [-0.3, -0.25) is 9.59 Å². The molecule has 0 radical (unpaired) electrons. The predicted molar refractivity (Wildman–Crippen MR) is 80.7 cm³/mol. The molecule has 2 N–H and O–H groups in total. The zero-order chi connectivity index (χ0) is 16.0. The number of aromatic nitrogens is 2. The van der Waals surface area contributed by atoms with Gasteiger partial charge in [-0.15, -0.1) is 0 Å². The highest BCUT2D eigenvalue weighted by Crippen LogP contribution is 2.02. The van der Waals surface area contributed by atoms with Crippen molar-refractivity contribution < 1.29 is 9.59 Å². The first-order valence-corrected chi connectivity index (χ1v) is 7.15. The molecule has 1 rings (SSSR count). The SMILES string of the molecule is CC(=O)N[C@@H](C(=O)NCCc1nc(C)cc(C)n1)C(C)C. The quantitative estimate of drug-likeness (QED) is 0.816. The normalized spacial score (nSPS) is 12.1. The molecule has 2 amide bonds. The molecule has 21 heavy (non-hydrogen) atoms. The Hall–Kier alpha value is -1.98. The van der Waals surface area contributed by atoms with Gasteiger partial charge in [0.15, 0.2) is 0 Å². The maximum absolute atomic E-state index is 12.1. The third kappa shape index (κ3) is 5.89. The third-order valence-electron chi connectivity index (χ3n) is 2.98. The van der Waals surface area contributed by atoms with Gasteiger partial charge in [-0.25, -0.2) is 9.97 Å². The summed E-state index contributed by atoms with van der Waals surface area (Å²) >= 11 is 0. The molecule has 0 spiro atoms. The zero-order valence-corrected chi connectivity index (χ0v) is 13.4. The van der Waals surface area contributed by atoms with Crippen molar-refractivity contribution in [2.24, 2.45) is 5.92 Å². The second kappa shape index (κ2) is 7.71. The van der Waals surface area contributed by atoms with E-state index in [-0.39, 0.29) is 17.7 Å². The lowest BCUT2D eigenvalue weighted by atomic mass is 10.0. The molecule has 116 valence electrons. The number of amides is 2. The molecule has 0 aliphatic heterocycles. The summed E-state index contributed by atoms with van der Waals surface area (Å²) in [6.45, 7) is 9.49. The van der Waals surface area contributed by atoms with Crippen molar-refractivity contribution >= 4 is 11.8 Å². The summed E-state index contributed by atoms with van der Waals surface area (Å²) in [5.41, 5.74) is 1.84. The Morgan fingerprint density at radius 3 is 2.24 bits per heavy atom. The highest BCUT2D eigenvalue weighted by Gasteiger charge is 2.22. The van der Waals surface area contributed by atoms with Crippen molar-refractivity contribution in [3.05, 3.63) is 23.3 Å². The average Bonchev–Trinajstić information content (AvgIpc) is 2.34. The van der Waals surface area contributed by atoms with Crippen LogP contribution in [0.5, 0.6) is 0 Å². The second-order valence-electron chi connectivity index (χ2n) is 5.53. The Morgan fingerprint density at radius 2 is 1.76 bits per heavy atom. The van der Waals surface area contributed by atoms with Crippen molar-refractivity contribution in [1.82, 2.24) is 20.6 Å². The summed E-state index contributed by atoms with van der Waals surface area (Å²) in [7, 11) is 0. The van der Waals surface area contributed by atoms with Crippen LogP contribution in [0.25, 0.3) is 0 Å². The summed E-state index contributed by atoms with van der Waals surface area (Å²) in [5, 5.41) is 5.49. The lowest BCUT2D eigenvalue weighted by Crippen LogP contribution is -2.49. The van der Waals surface area contributed by atoms with Gasteiger partial charge in [-0.05, 0) is 25.8 Å². The monoisotopic (exact) mass is 292 g/mol. The van der Waals surface area contributed by atoms with Crippen LogP contribution in [-0.4, -0.2) is 34.4 Å². The van der Waals surface area contributed by atoms with Crippen molar-refractivity contribution in [2.75, 3.05) is 6.54 Å². The van der Waals surface area contributed by atoms with Crippen molar-refractivity contribution in [3.8, 4) is 0 Å². The molecule has 0 saturated heterocycles. The minimum Gasteiger partial charge on any atom is -0.354 e.